The van der Waals surface area contributed by atoms with Crippen molar-refractivity contribution in [1.29, 1.82) is 0 Å². The number of ether oxygens (including phenoxy) is 1. The number of hydrogen-bond acceptors (Lipinski definition) is 3. The highest BCUT2D eigenvalue weighted by molar-refractivity contribution is 5.84. The van der Waals surface area contributed by atoms with Gasteiger partial charge in [0, 0.05) is 7.05 Å². The van der Waals surface area contributed by atoms with Gasteiger partial charge in [-0.2, -0.15) is 0 Å². The molecule has 0 bridgehead atoms. The summed E-state index contributed by atoms with van der Waals surface area (Å²) in [4.78, 5) is 14.1. The Hall–Kier alpha value is -1.55. The lowest BCUT2D eigenvalue weighted by Crippen LogP contribution is -2.35. The van der Waals surface area contributed by atoms with Crippen LogP contribution in [0.5, 0.6) is 5.75 Å². The summed E-state index contributed by atoms with van der Waals surface area (Å²) < 4.78 is 5.15. The summed E-state index contributed by atoms with van der Waals surface area (Å²) in [6.07, 6.45) is 4.24. The Morgan fingerprint density at radius 3 is 2.60 bits per heavy atom. The average Bonchev–Trinajstić information content (AvgIpc) is 2.74. The number of carbonyl (C=O) groups is 1. The summed E-state index contributed by atoms with van der Waals surface area (Å²) in [5.74, 6) is 1.04. The molecule has 0 unspecified atom stereocenters. The molecule has 4 heteroatoms. The molecule has 1 amide bonds. The van der Waals surface area contributed by atoms with Crippen molar-refractivity contribution < 1.29 is 9.53 Å². The summed E-state index contributed by atoms with van der Waals surface area (Å²) in [7, 11) is 3.55. The maximum absolute atomic E-state index is 12.2. The zero-order valence-electron chi connectivity index (χ0n) is 12.6. The number of unbranched alkanes of at least 4 members (excludes halogenated alkanes) is 1. The summed E-state index contributed by atoms with van der Waals surface area (Å²) in [6.45, 7) is 2.17. The van der Waals surface area contributed by atoms with E-state index in [2.05, 4.69) is 12.2 Å². The summed E-state index contributed by atoms with van der Waals surface area (Å²) >= 11 is 0. The molecule has 1 N–H and O–H groups in total. The van der Waals surface area contributed by atoms with E-state index in [1.165, 1.54) is 0 Å². The van der Waals surface area contributed by atoms with E-state index in [0.717, 1.165) is 37.0 Å². The van der Waals surface area contributed by atoms with E-state index in [-0.39, 0.29) is 18.1 Å². The second-order valence-electron chi connectivity index (χ2n) is 5.38. The molecular formula is C16H24N2O2. The van der Waals surface area contributed by atoms with Gasteiger partial charge in [0.15, 0.2) is 0 Å². The predicted octanol–water partition coefficient (Wildman–Crippen LogP) is 2.18. The second kappa shape index (κ2) is 6.75. The molecule has 1 aromatic carbocycles. The molecular weight excluding hydrogens is 252 g/mol. The Kier molecular flexibility index (Phi) is 5.01. The molecule has 2 atom stereocenters. The minimum atomic E-state index is -0.102. The van der Waals surface area contributed by atoms with Crippen LogP contribution in [0.1, 0.15) is 31.7 Å². The van der Waals surface area contributed by atoms with Crippen molar-refractivity contribution in [1.82, 2.24) is 10.2 Å². The zero-order chi connectivity index (χ0) is 14.5. The average molecular weight is 276 g/mol. The maximum Gasteiger partial charge on any atom is 0.241 e. The highest BCUT2D eigenvalue weighted by Crippen LogP contribution is 2.18. The van der Waals surface area contributed by atoms with Gasteiger partial charge >= 0.3 is 0 Å². The number of nitrogens with one attached hydrogen (secondary N) is 1. The third-order valence-electron chi connectivity index (χ3n) is 3.94. The number of methoxy groups -OCH3 is 1. The number of carbonyl (C=O) groups excluding carboxylic acids is 1. The molecule has 1 heterocycles. The first-order valence-electron chi connectivity index (χ1n) is 7.31. The fourth-order valence-corrected chi connectivity index (χ4v) is 2.63. The number of hydrogen-bond donors (Lipinski definition) is 1. The molecule has 0 spiro atoms. The molecule has 110 valence electrons. The van der Waals surface area contributed by atoms with Crippen molar-refractivity contribution >= 4 is 5.91 Å². The van der Waals surface area contributed by atoms with Crippen LogP contribution in [-0.4, -0.2) is 37.2 Å². The monoisotopic (exact) mass is 276 g/mol. The fourth-order valence-electron chi connectivity index (χ4n) is 2.63. The van der Waals surface area contributed by atoms with Crippen molar-refractivity contribution in [3.63, 3.8) is 0 Å². The zero-order valence-corrected chi connectivity index (χ0v) is 12.6. The van der Waals surface area contributed by atoms with Gasteiger partial charge in [-0.15, -0.1) is 0 Å². The maximum atomic E-state index is 12.2. The molecule has 4 nitrogen and oxygen atoms in total. The first kappa shape index (κ1) is 14.9. The van der Waals surface area contributed by atoms with Crippen molar-refractivity contribution in [2.75, 3.05) is 14.2 Å². The topological polar surface area (TPSA) is 41.6 Å². The lowest BCUT2D eigenvalue weighted by atomic mass is 10.1. The number of amides is 1. The molecule has 0 aliphatic carbocycles. The van der Waals surface area contributed by atoms with Crippen molar-refractivity contribution in [3.05, 3.63) is 29.8 Å². The first-order chi connectivity index (χ1) is 9.65. The summed E-state index contributed by atoms with van der Waals surface area (Å²) in [5.41, 5.74) is 1.15. The highest BCUT2D eigenvalue weighted by atomic mass is 16.5. The number of nitrogens with zero attached hydrogens (tertiary/aromatic N) is 1. The predicted molar refractivity (Wildman–Crippen MR) is 79.7 cm³/mol. The van der Waals surface area contributed by atoms with E-state index in [0.29, 0.717) is 0 Å². The van der Waals surface area contributed by atoms with Crippen molar-refractivity contribution in [2.24, 2.45) is 0 Å². The standard InChI is InChI=1S/C16H24N2O2/c1-4-5-6-15-17-14(16(19)18(15)2)11-12-7-9-13(20-3)10-8-12/h7-10,14-15,17H,4-6,11H2,1-3H3/t14-,15-/m0/s1. The molecule has 0 saturated carbocycles. The van der Waals surface area contributed by atoms with Gasteiger partial charge in [0.1, 0.15) is 5.75 Å². The Morgan fingerprint density at radius 2 is 2.00 bits per heavy atom. The highest BCUT2D eigenvalue weighted by Gasteiger charge is 2.35. The normalized spacial score (nSPS) is 22.4. The van der Waals surface area contributed by atoms with E-state index in [1.54, 1.807) is 7.11 Å². The minimum Gasteiger partial charge on any atom is -0.497 e. The van der Waals surface area contributed by atoms with Gasteiger partial charge < -0.3 is 9.64 Å². The van der Waals surface area contributed by atoms with Crippen LogP contribution in [0.3, 0.4) is 0 Å². The van der Waals surface area contributed by atoms with E-state index in [1.807, 2.05) is 36.2 Å². The third-order valence-corrected chi connectivity index (χ3v) is 3.94. The smallest absolute Gasteiger partial charge is 0.241 e. The SMILES string of the molecule is CCCC[C@H]1N[C@@H](Cc2ccc(OC)cc2)C(=O)N1C. The van der Waals surface area contributed by atoms with Crippen LogP contribution >= 0.6 is 0 Å². The van der Waals surface area contributed by atoms with E-state index >= 15 is 0 Å². The van der Waals surface area contributed by atoms with Gasteiger partial charge in [0.2, 0.25) is 5.91 Å². The molecule has 1 saturated heterocycles. The molecule has 2 rings (SSSR count). The molecule has 0 radical (unpaired) electrons. The third kappa shape index (κ3) is 3.31. The van der Waals surface area contributed by atoms with Gasteiger partial charge in [-0.3, -0.25) is 10.1 Å². The van der Waals surface area contributed by atoms with Crippen LogP contribution < -0.4 is 10.1 Å². The summed E-state index contributed by atoms with van der Waals surface area (Å²) in [5, 5.41) is 3.45. The van der Waals surface area contributed by atoms with Gasteiger partial charge in [-0.05, 0) is 30.5 Å². The first-order valence-corrected chi connectivity index (χ1v) is 7.31. The number of rotatable bonds is 6. The van der Waals surface area contributed by atoms with Gasteiger partial charge in [0.05, 0.1) is 19.3 Å². The number of likely N-dealkylation sites (N-methyl/N-ethyl adjacent to an activating group) is 1. The molecule has 0 aromatic heterocycles. The Labute approximate surface area is 121 Å². The fraction of sp³-hybridized carbons (Fsp3) is 0.562. The molecule has 1 aromatic rings. The quantitative estimate of drug-likeness (QED) is 0.866. The van der Waals surface area contributed by atoms with Crippen LogP contribution in [0.2, 0.25) is 0 Å². The molecule has 1 fully saturated rings. The van der Waals surface area contributed by atoms with Crippen LogP contribution in [0, 0.1) is 0 Å². The van der Waals surface area contributed by atoms with Gasteiger partial charge in [-0.1, -0.05) is 31.9 Å². The van der Waals surface area contributed by atoms with Crippen molar-refractivity contribution in [3.8, 4) is 5.75 Å². The Balaban J connectivity index is 1.96. The molecule has 1 aliphatic heterocycles. The van der Waals surface area contributed by atoms with E-state index in [4.69, 9.17) is 4.74 Å². The lowest BCUT2D eigenvalue weighted by molar-refractivity contribution is -0.128. The minimum absolute atomic E-state index is 0.102. The number of benzene rings is 1. The lowest BCUT2D eigenvalue weighted by Gasteiger charge is -2.18. The Morgan fingerprint density at radius 1 is 1.30 bits per heavy atom. The Bertz CT molecular complexity index is 444. The summed E-state index contributed by atoms with van der Waals surface area (Å²) in [6, 6.07) is 7.82. The second-order valence-corrected chi connectivity index (χ2v) is 5.38. The van der Waals surface area contributed by atoms with Gasteiger partial charge in [0.25, 0.3) is 0 Å². The van der Waals surface area contributed by atoms with Crippen LogP contribution in [-0.2, 0) is 11.2 Å². The van der Waals surface area contributed by atoms with Crippen LogP contribution in [0.25, 0.3) is 0 Å². The molecule has 20 heavy (non-hydrogen) atoms. The van der Waals surface area contributed by atoms with Crippen LogP contribution in [0.15, 0.2) is 24.3 Å². The molecule has 1 aliphatic rings. The van der Waals surface area contributed by atoms with Crippen LogP contribution in [0.4, 0.5) is 0 Å². The largest absolute Gasteiger partial charge is 0.497 e. The van der Waals surface area contributed by atoms with E-state index in [9.17, 15) is 4.79 Å². The van der Waals surface area contributed by atoms with Gasteiger partial charge in [-0.25, -0.2) is 0 Å². The van der Waals surface area contributed by atoms with Crippen molar-refractivity contribution in [2.45, 2.75) is 44.8 Å². The van der Waals surface area contributed by atoms with E-state index < -0.39 is 0 Å².